The van der Waals surface area contributed by atoms with Crippen LogP contribution in [0.2, 0.25) is 0 Å². The Kier molecular flexibility index (Phi) is 5.31. The van der Waals surface area contributed by atoms with Gasteiger partial charge in [0.05, 0.1) is 12.0 Å². The molecule has 0 atom stereocenters. The van der Waals surface area contributed by atoms with Gasteiger partial charge >= 0.3 is 11.6 Å². The average molecular weight is 464 g/mol. The molecule has 1 heterocycles. The van der Waals surface area contributed by atoms with E-state index in [1.54, 1.807) is 13.0 Å². The van der Waals surface area contributed by atoms with E-state index in [4.69, 9.17) is 14.3 Å². The smallest absolute Gasteiger partial charge is 0.340 e. The Balaban J connectivity index is 1.96. The summed E-state index contributed by atoms with van der Waals surface area (Å²) < 4.78 is 12.5. The monoisotopic (exact) mass is 464 g/mol. The normalized spacial score (nSPS) is 10.9. The summed E-state index contributed by atoms with van der Waals surface area (Å²) in [5.41, 5.74) is 2.38. The van der Waals surface area contributed by atoms with E-state index in [0.717, 1.165) is 20.1 Å². The molecule has 3 aromatic rings. The summed E-state index contributed by atoms with van der Waals surface area (Å²) >= 11 is 2.25. The molecule has 0 aliphatic rings. The number of carboxylic acid groups (broad SMARTS) is 1. The molecule has 0 amide bonds. The zero-order valence-electron chi connectivity index (χ0n) is 14.3. The Bertz CT molecular complexity index is 1030. The van der Waals surface area contributed by atoms with Gasteiger partial charge in [-0.05, 0) is 71.8 Å². The van der Waals surface area contributed by atoms with Crippen LogP contribution in [0.5, 0.6) is 5.75 Å². The van der Waals surface area contributed by atoms with Gasteiger partial charge in [-0.25, -0.2) is 4.79 Å². The number of fused-ring (bicyclic) bond motifs is 1. The third-order valence-electron chi connectivity index (χ3n) is 4.29. The second-order valence-electron chi connectivity index (χ2n) is 6.04. The van der Waals surface area contributed by atoms with Gasteiger partial charge in [0.1, 0.15) is 17.9 Å². The summed E-state index contributed by atoms with van der Waals surface area (Å²) in [7, 11) is 0. The highest BCUT2D eigenvalue weighted by Gasteiger charge is 2.17. The van der Waals surface area contributed by atoms with Crippen molar-refractivity contribution >= 4 is 39.5 Å². The highest BCUT2D eigenvalue weighted by molar-refractivity contribution is 14.1. The van der Waals surface area contributed by atoms with E-state index < -0.39 is 11.6 Å². The standard InChI is InChI=1S/C20H17IO5/c1-11-15-7-8-17(25-10-13-3-5-14(21)6-4-13)12(2)19(15)26-20(24)16(11)9-18(22)23/h3-8H,9-10H2,1-2H3,(H,22,23). The van der Waals surface area contributed by atoms with Gasteiger partial charge in [0.25, 0.3) is 0 Å². The van der Waals surface area contributed by atoms with E-state index in [9.17, 15) is 9.59 Å². The number of carbonyl (C=O) groups is 1. The molecular weight excluding hydrogens is 447 g/mol. The Morgan fingerprint density at radius 3 is 2.46 bits per heavy atom. The number of aliphatic carboxylic acids is 1. The molecule has 0 aliphatic heterocycles. The van der Waals surface area contributed by atoms with E-state index in [-0.39, 0.29) is 12.0 Å². The SMILES string of the molecule is Cc1c(CC(=O)O)c(=O)oc2c(C)c(OCc3ccc(I)cc3)ccc12. The van der Waals surface area contributed by atoms with Gasteiger partial charge in [0, 0.05) is 14.5 Å². The van der Waals surface area contributed by atoms with Crippen LogP contribution in [0.25, 0.3) is 11.0 Å². The van der Waals surface area contributed by atoms with Crippen LogP contribution in [-0.2, 0) is 17.8 Å². The van der Waals surface area contributed by atoms with E-state index in [2.05, 4.69) is 22.6 Å². The third-order valence-corrected chi connectivity index (χ3v) is 5.01. The lowest BCUT2D eigenvalue weighted by atomic mass is 10.0. The fourth-order valence-electron chi connectivity index (χ4n) is 2.82. The molecule has 0 spiro atoms. The van der Waals surface area contributed by atoms with Crippen molar-refractivity contribution < 1.29 is 19.1 Å². The summed E-state index contributed by atoms with van der Waals surface area (Å²) in [6.45, 7) is 3.97. The minimum atomic E-state index is -1.06. The molecule has 0 aliphatic carbocycles. The Morgan fingerprint density at radius 1 is 1.12 bits per heavy atom. The van der Waals surface area contributed by atoms with Crippen molar-refractivity contribution in [1.29, 1.82) is 0 Å². The van der Waals surface area contributed by atoms with Crippen molar-refractivity contribution in [2.75, 3.05) is 0 Å². The molecule has 0 radical (unpaired) electrons. The zero-order valence-corrected chi connectivity index (χ0v) is 16.5. The van der Waals surface area contributed by atoms with E-state index in [1.165, 1.54) is 0 Å². The van der Waals surface area contributed by atoms with E-state index in [1.807, 2.05) is 37.3 Å². The maximum atomic E-state index is 12.2. The Morgan fingerprint density at radius 2 is 1.81 bits per heavy atom. The summed E-state index contributed by atoms with van der Waals surface area (Å²) in [5.74, 6) is -0.432. The van der Waals surface area contributed by atoms with Crippen molar-refractivity contribution in [2.45, 2.75) is 26.9 Å². The minimum Gasteiger partial charge on any atom is -0.488 e. The van der Waals surface area contributed by atoms with Crippen LogP contribution in [-0.4, -0.2) is 11.1 Å². The first kappa shape index (κ1) is 18.4. The van der Waals surface area contributed by atoms with Crippen molar-refractivity contribution in [3.63, 3.8) is 0 Å². The molecule has 0 fully saturated rings. The number of halogens is 1. The van der Waals surface area contributed by atoms with Crippen LogP contribution in [0.1, 0.15) is 22.3 Å². The number of rotatable bonds is 5. The highest BCUT2D eigenvalue weighted by atomic mass is 127. The largest absolute Gasteiger partial charge is 0.488 e. The summed E-state index contributed by atoms with van der Waals surface area (Å²) in [6.07, 6.45) is -0.353. The molecule has 26 heavy (non-hydrogen) atoms. The molecular formula is C20H17IO5. The van der Waals surface area contributed by atoms with Crippen molar-refractivity contribution in [3.05, 3.63) is 72.6 Å². The van der Waals surface area contributed by atoms with Gasteiger partial charge < -0.3 is 14.3 Å². The maximum Gasteiger partial charge on any atom is 0.340 e. The molecule has 1 aromatic heterocycles. The molecule has 0 saturated heterocycles. The molecule has 0 bridgehead atoms. The number of carboxylic acids is 1. The van der Waals surface area contributed by atoms with Crippen LogP contribution in [0, 0.1) is 17.4 Å². The van der Waals surface area contributed by atoms with Crippen LogP contribution in [0.3, 0.4) is 0 Å². The first-order valence-corrected chi connectivity index (χ1v) is 9.09. The second-order valence-corrected chi connectivity index (χ2v) is 7.29. The topological polar surface area (TPSA) is 76.7 Å². The van der Waals surface area contributed by atoms with Gasteiger partial charge in [-0.15, -0.1) is 0 Å². The predicted octanol–water partition coefficient (Wildman–Crippen LogP) is 4.22. The van der Waals surface area contributed by atoms with Gasteiger partial charge in [0.2, 0.25) is 0 Å². The van der Waals surface area contributed by atoms with Crippen LogP contribution >= 0.6 is 22.6 Å². The van der Waals surface area contributed by atoms with Crippen molar-refractivity contribution in [1.82, 2.24) is 0 Å². The van der Waals surface area contributed by atoms with Gasteiger partial charge in [-0.3, -0.25) is 4.79 Å². The molecule has 0 saturated carbocycles. The molecule has 5 nitrogen and oxygen atoms in total. The highest BCUT2D eigenvalue weighted by Crippen LogP contribution is 2.30. The maximum absolute atomic E-state index is 12.2. The Labute approximate surface area is 163 Å². The fourth-order valence-corrected chi connectivity index (χ4v) is 3.18. The molecule has 3 rings (SSSR count). The van der Waals surface area contributed by atoms with Crippen molar-refractivity contribution in [2.24, 2.45) is 0 Å². The van der Waals surface area contributed by atoms with Gasteiger partial charge in [-0.2, -0.15) is 0 Å². The van der Waals surface area contributed by atoms with Crippen LogP contribution < -0.4 is 10.4 Å². The molecule has 6 heteroatoms. The summed E-state index contributed by atoms with van der Waals surface area (Å²) in [4.78, 5) is 23.2. The second kappa shape index (κ2) is 7.49. The summed E-state index contributed by atoms with van der Waals surface area (Å²) in [5, 5.41) is 9.70. The third kappa shape index (κ3) is 3.75. The lowest BCUT2D eigenvalue weighted by molar-refractivity contribution is -0.136. The predicted molar refractivity (Wildman–Crippen MR) is 107 cm³/mol. The lowest BCUT2D eigenvalue weighted by Crippen LogP contribution is -2.15. The van der Waals surface area contributed by atoms with Crippen LogP contribution in [0.15, 0.2) is 45.6 Å². The Hall–Kier alpha value is -2.35. The van der Waals surface area contributed by atoms with Gasteiger partial charge in [0.15, 0.2) is 0 Å². The minimum absolute atomic E-state index is 0.178. The molecule has 1 N–H and O–H groups in total. The zero-order chi connectivity index (χ0) is 18.8. The molecule has 2 aromatic carbocycles. The number of hydrogen-bond donors (Lipinski definition) is 1. The first-order valence-electron chi connectivity index (χ1n) is 8.01. The lowest BCUT2D eigenvalue weighted by Gasteiger charge is -2.13. The first-order chi connectivity index (χ1) is 12.4. The fraction of sp³-hybridized carbons (Fsp3) is 0.200. The molecule has 0 unspecified atom stereocenters. The molecule has 134 valence electrons. The quantitative estimate of drug-likeness (QED) is 0.452. The number of aryl methyl sites for hydroxylation is 2. The van der Waals surface area contributed by atoms with E-state index >= 15 is 0 Å². The number of ether oxygens (including phenoxy) is 1. The van der Waals surface area contributed by atoms with Crippen LogP contribution in [0.4, 0.5) is 0 Å². The van der Waals surface area contributed by atoms with Gasteiger partial charge in [-0.1, -0.05) is 12.1 Å². The number of hydrogen-bond acceptors (Lipinski definition) is 4. The number of benzene rings is 2. The average Bonchev–Trinajstić information content (AvgIpc) is 2.60. The van der Waals surface area contributed by atoms with Crippen molar-refractivity contribution in [3.8, 4) is 5.75 Å². The summed E-state index contributed by atoms with van der Waals surface area (Å²) in [6, 6.07) is 11.6. The van der Waals surface area contributed by atoms with E-state index in [0.29, 0.717) is 23.5 Å².